The highest BCUT2D eigenvalue weighted by Crippen LogP contribution is 2.71. The van der Waals surface area contributed by atoms with Gasteiger partial charge in [-0.15, -0.1) is 0 Å². The standard InChI is InChI=1S/C15H20O3/c1-8-10(5-6-16)7-11-14(3)9(2)12(17)13(18-11)15(8,14)4/h5-6,8-9,11,13H,7H2,1-4H3/b10-5+/t8-,9-,11-,13-,14-,15-/m1/s1. The number of ketones is 1. The molecule has 1 saturated heterocycles. The molecule has 4 bridgehead atoms. The molecule has 0 radical (unpaired) electrons. The molecule has 0 aromatic rings. The molecule has 0 spiro atoms. The fraction of sp³-hybridized carbons (Fsp3) is 0.733. The average Bonchev–Trinajstić information content (AvgIpc) is 2.58. The van der Waals surface area contributed by atoms with Gasteiger partial charge in [-0.05, 0) is 18.4 Å². The maximum atomic E-state index is 12.3. The Balaban J connectivity index is 2.16. The zero-order valence-electron chi connectivity index (χ0n) is 11.4. The van der Waals surface area contributed by atoms with Crippen LogP contribution >= 0.6 is 0 Å². The van der Waals surface area contributed by atoms with E-state index in [2.05, 4.69) is 20.8 Å². The SMILES string of the molecule is C[C@@H]1C(=O)[C@H]2O[C@@H]3C/C(=C\C=O)[C@@H](C)[C@@]2(C)[C@]13C. The summed E-state index contributed by atoms with van der Waals surface area (Å²) in [6.45, 7) is 8.54. The van der Waals surface area contributed by atoms with Crippen LogP contribution < -0.4 is 0 Å². The van der Waals surface area contributed by atoms with Crippen molar-refractivity contribution in [2.45, 2.75) is 46.3 Å². The second-order valence-corrected chi connectivity index (χ2v) is 6.50. The molecule has 6 atom stereocenters. The van der Waals surface area contributed by atoms with Crippen LogP contribution in [0.4, 0.5) is 0 Å². The minimum atomic E-state index is -0.282. The van der Waals surface area contributed by atoms with Gasteiger partial charge in [0.25, 0.3) is 0 Å². The van der Waals surface area contributed by atoms with Crippen LogP contribution in [0.5, 0.6) is 0 Å². The lowest BCUT2D eigenvalue weighted by Gasteiger charge is -2.50. The topological polar surface area (TPSA) is 43.4 Å². The van der Waals surface area contributed by atoms with E-state index in [-0.39, 0.29) is 40.7 Å². The number of carbonyl (C=O) groups is 2. The van der Waals surface area contributed by atoms with Crippen molar-refractivity contribution in [1.29, 1.82) is 0 Å². The minimum Gasteiger partial charge on any atom is -0.366 e. The molecular weight excluding hydrogens is 228 g/mol. The van der Waals surface area contributed by atoms with Crippen molar-refractivity contribution in [2.75, 3.05) is 0 Å². The van der Waals surface area contributed by atoms with E-state index in [0.717, 1.165) is 18.3 Å². The average molecular weight is 248 g/mol. The molecule has 3 heteroatoms. The van der Waals surface area contributed by atoms with E-state index in [1.807, 2.05) is 6.92 Å². The predicted molar refractivity (Wildman–Crippen MR) is 67.0 cm³/mol. The van der Waals surface area contributed by atoms with Gasteiger partial charge in [0.1, 0.15) is 12.4 Å². The van der Waals surface area contributed by atoms with E-state index < -0.39 is 0 Å². The van der Waals surface area contributed by atoms with Crippen molar-refractivity contribution in [3.8, 4) is 0 Å². The van der Waals surface area contributed by atoms with Gasteiger partial charge in [-0.1, -0.05) is 33.3 Å². The van der Waals surface area contributed by atoms with Crippen molar-refractivity contribution in [3.63, 3.8) is 0 Å². The quantitative estimate of drug-likeness (QED) is 0.527. The maximum Gasteiger partial charge on any atom is 0.165 e. The summed E-state index contributed by atoms with van der Waals surface area (Å²) in [6, 6.07) is 0. The van der Waals surface area contributed by atoms with Crippen LogP contribution in [0.25, 0.3) is 0 Å². The Labute approximate surface area is 108 Å². The summed E-state index contributed by atoms with van der Waals surface area (Å²) >= 11 is 0. The Morgan fingerprint density at radius 1 is 1.22 bits per heavy atom. The highest BCUT2D eigenvalue weighted by molar-refractivity contribution is 5.91. The van der Waals surface area contributed by atoms with Gasteiger partial charge in [-0.25, -0.2) is 0 Å². The molecule has 98 valence electrons. The molecule has 1 heterocycles. The first kappa shape index (κ1) is 12.1. The van der Waals surface area contributed by atoms with E-state index in [1.165, 1.54) is 0 Å². The summed E-state index contributed by atoms with van der Waals surface area (Å²) < 4.78 is 6.01. The molecule has 3 nitrogen and oxygen atoms in total. The third-order valence-corrected chi connectivity index (χ3v) is 6.42. The molecule has 18 heavy (non-hydrogen) atoms. The van der Waals surface area contributed by atoms with Crippen molar-refractivity contribution in [3.05, 3.63) is 11.6 Å². The Kier molecular flexibility index (Phi) is 2.23. The lowest BCUT2D eigenvalue weighted by atomic mass is 9.52. The predicted octanol–water partition coefficient (Wildman–Crippen LogP) is 2.15. The van der Waals surface area contributed by atoms with Crippen LogP contribution in [-0.2, 0) is 14.3 Å². The molecule has 2 saturated carbocycles. The highest BCUT2D eigenvalue weighted by Gasteiger charge is 2.75. The zero-order valence-corrected chi connectivity index (χ0v) is 11.4. The molecule has 2 aliphatic carbocycles. The normalized spacial score (nSPS) is 56.2. The molecule has 1 aliphatic heterocycles. The molecule has 0 aromatic carbocycles. The lowest BCUT2D eigenvalue weighted by Crippen LogP contribution is -2.50. The monoisotopic (exact) mass is 248 g/mol. The summed E-state index contributed by atoms with van der Waals surface area (Å²) in [5, 5.41) is 0. The summed E-state index contributed by atoms with van der Waals surface area (Å²) in [6.07, 6.45) is 3.12. The van der Waals surface area contributed by atoms with Crippen LogP contribution in [0.1, 0.15) is 34.1 Å². The molecule has 0 N–H and O–H groups in total. The second kappa shape index (κ2) is 3.32. The van der Waals surface area contributed by atoms with Crippen LogP contribution in [0, 0.1) is 22.7 Å². The van der Waals surface area contributed by atoms with Crippen molar-refractivity contribution in [1.82, 2.24) is 0 Å². The Hall–Kier alpha value is -0.960. The Bertz CT molecular complexity index is 466. The van der Waals surface area contributed by atoms with Crippen molar-refractivity contribution < 1.29 is 14.3 Å². The van der Waals surface area contributed by atoms with E-state index in [4.69, 9.17) is 4.74 Å². The maximum absolute atomic E-state index is 12.3. The fourth-order valence-electron chi connectivity index (χ4n) is 4.74. The fourth-order valence-corrected chi connectivity index (χ4v) is 4.74. The third-order valence-electron chi connectivity index (χ3n) is 6.42. The summed E-state index contributed by atoms with van der Waals surface area (Å²) in [4.78, 5) is 23.1. The summed E-state index contributed by atoms with van der Waals surface area (Å²) in [7, 11) is 0. The second-order valence-electron chi connectivity index (χ2n) is 6.50. The van der Waals surface area contributed by atoms with E-state index in [0.29, 0.717) is 0 Å². The number of hydrogen-bond donors (Lipinski definition) is 0. The van der Waals surface area contributed by atoms with E-state index >= 15 is 0 Å². The van der Waals surface area contributed by atoms with Gasteiger partial charge in [0.2, 0.25) is 0 Å². The molecule has 3 rings (SSSR count). The van der Waals surface area contributed by atoms with Gasteiger partial charge in [-0.3, -0.25) is 9.59 Å². The molecule has 3 fully saturated rings. The summed E-state index contributed by atoms with van der Waals surface area (Å²) in [5.41, 5.74) is 0.884. The number of hydrogen-bond acceptors (Lipinski definition) is 3. The molecule has 0 unspecified atom stereocenters. The molecule has 3 aliphatic rings. The van der Waals surface area contributed by atoms with E-state index in [9.17, 15) is 9.59 Å². The largest absolute Gasteiger partial charge is 0.366 e. The molecule has 0 aromatic heterocycles. The van der Waals surface area contributed by atoms with Crippen LogP contribution in [-0.4, -0.2) is 24.3 Å². The first-order chi connectivity index (χ1) is 8.39. The minimum absolute atomic E-state index is 0.0616. The lowest BCUT2D eigenvalue weighted by molar-refractivity contribution is -0.143. The van der Waals surface area contributed by atoms with Crippen molar-refractivity contribution >= 4 is 12.1 Å². The number of aldehydes is 1. The third kappa shape index (κ3) is 0.979. The van der Waals surface area contributed by atoms with E-state index in [1.54, 1.807) is 6.08 Å². The number of allylic oxidation sites excluding steroid dienone is 1. The van der Waals surface area contributed by atoms with Crippen LogP contribution in [0.2, 0.25) is 0 Å². The smallest absolute Gasteiger partial charge is 0.165 e. The molecule has 0 amide bonds. The highest BCUT2D eigenvalue weighted by atomic mass is 16.5. The van der Waals surface area contributed by atoms with Gasteiger partial charge in [0.05, 0.1) is 6.10 Å². The number of Topliss-reactive ketones (excluding diaryl/α,β-unsaturated/α-hetero) is 1. The molecular formula is C15H20O3. The van der Waals surface area contributed by atoms with Gasteiger partial charge < -0.3 is 4.74 Å². The number of carbonyl (C=O) groups excluding carboxylic acids is 2. The number of ether oxygens (including phenoxy) is 1. The Morgan fingerprint density at radius 2 is 1.89 bits per heavy atom. The number of rotatable bonds is 1. The van der Waals surface area contributed by atoms with Gasteiger partial charge >= 0.3 is 0 Å². The van der Waals surface area contributed by atoms with Gasteiger partial charge in [0.15, 0.2) is 5.78 Å². The van der Waals surface area contributed by atoms with Gasteiger partial charge in [0, 0.05) is 16.7 Å². The Morgan fingerprint density at radius 3 is 2.50 bits per heavy atom. The van der Waals surface area contributed by atoms with Crippen LogP contribution in [0.3, 0.4) is 0 Å². The first-order valence-electron chi connectivity index (χ1n) is 6.72. The van der Waals surface area contributed by atoms with Crippen LogP contribution in [0.15, 0.2) is 11.6 Å². The zero-order chi connectivity index (χ0) is 13.3. The first-order valence-corrected chi connectivity index (χ1v) is 6.72. The van der Waals surface area contributed by atoms with Crippen molar-refractivity contribution in [2.24, 2.45) is 22.7 Å². The summed E-state index contributed by atoms with van der Waals surface area (Å²) in [5.74, 6) is 0.535. The van der Waals surface area contributed by atoms with Gasteiger partial charge in [-0.2, -0.15) is 0 Å².